The fraction of sp³-hybridized carbons (Fsp3) is 0.429. The number of oxime groups is 1. The minimum absolute atomic E-state index is 0.587. The maximum absolute atomic E-state index is 8.47. The first-order valence-electron chi connectivity index (χ1n) is 3.50. The summed E-state index contributed by atoms with van der Waals surface area (Å²) in [5.41, 5.74) is 1.44. The molecule has 0 saturated heterocycles. The van der Waals surface area contributed by atoms with E-state index in [0.717, 1.165) is 12.2 Å². The fourth-order valence-electron chi connectivity index (χ4n) is 0.943. The van der Waals surface area contributed by atoms with Gasteiger partial charge in [0.2, 0.25) is 0 Å². The van der Waals surface area contributed by atoms with E-state index in [0.29, 0.717) is 5.71 Å². The highest BCUT2D eigenvalue weighted by Crippen LogP contribution is 1.99. The third-order valence-corrected chi connectivity index (χ3v) is 1.54. The van der Waals surface area contributed by atoms with E-state index in [-0.39, 0.29) is 0 Å². The van der Waals surface area contributed by atoms with Crippen molar-refractivity contribution in [3.8, 4) is 0 Å². The Hall–Kier alpha value is -1.32. The standard InChI is InChI=1S/C7H11N3O/c1-3-10-7(4-5-8-10)6(2)9-11/h4-5,11H,3H2,1-2H3/b9-6-. The molecule has 0 aliphatic carbocycles. The summed E-state index contributed by atoms with van der Waals surface area (Å²) in [7, 11) is 0. The van der Waals surface area contributed by atoms with Crippen molar-refractivity contribution in [2.24, 2.45) is 5.16 Å². The van der Waals surface area contributed by atoms with E-state index in [4.69, 9.17) is 5.21 Å². The maximum atomic E-state index is 8.47. The third kappa shape index (κ3) is 1.39. The molecule has 11 heavy (non-hydrogen) atoms. The molecule has 0 aliphatic rings. The van der Waals surface area contributed by atoms with Crippen molar-refractivity contribution < 1.29 is 5.21 Å². The van der Waals surface area contributed by atoms with Crippen LogP contribution < -0.4 is 0 Å². The lowest BCUT2D eigenvalue weighted by atomic mass is 10.3. The minimum Gasteiger partial charge on any atom is -0.411 e. The van der Waals surface area contributed by atoms with Gasteiger partial charge in [0.15, 0.2) is 0 Å². The summed E-state index contributed by atoms with van der Waals surface area (Å²) in [6.07, 6.45) is 1.69. The molecule has 1 N–H and O–H groups in total. The SMILES string of the molecule is CCn1nccc1/C(C)=N\O. The molecule has 0 unspecified atom stereocenters. The summed E-state index contributed by atoms with van der Waals surface area (Å²) in [6, 6.07) is 1.82. The van der Waals surface area contributed by atoms with Gasteiger partial charge in [-0.2, -0.15) is 5.10 Å². The van der Waals surface area contributed by atoms with Crippen LogP contribution in [0.15, 0.2) is 17.4 Å². The van der Waals surface area contributed by atoms with Crippen LogP contribution in [0.1, 0.15) is 19.5 Å². The van der Waals surface area contributed by atoms with Gasteiger partial charge in [-0.3, -0.25) is 4.68 Å². The van der Waals surface area contributed by atoms with Crippen molar-refractivity contribution in [2.45, 2.75) is 20.4 Å². The smallest absolute Gasteiger partial charge is 0.102 e. The zero-order chi connectivity index (χ0) is 8.27. The summed E-state index contributed by atoms with van der Waals surface area (Å²) in [5.74, 6) is 0. The van der Waals surface area contributed by atoms with Crippen molar-refractivity contribution in [1.29, 1.82) is 0 Å². The number of hydrogen-bond donors (Lipinski definition) is 1. The van der Waals surface area contributed by atoms with E-state index in [1.54, 1.807) is 17.8 Å². The molecule has 0 fully saturated rings. The second-order valence-corrected chi connectivity index (χ2v) is 2.22. The molecule has 0 aliphatic heterocycles. The normalized spacial score (nSPS) is 12.0. The Morgan fingerprint density at radius 2 is 2.55 bits per heavy atom. The Morgan fingerprint density at radius 1 is 1.82 bits per heavy atom. The highest BCUT2D eigenvalue weighted by Gasteiger charge is 2.02. The van der Waals surface area contributed by atoms with Crippen molar-refractivity contribution in [2.75, 3.05) is 0 Å². The average Bonchev–Trinajstić information content (AvgIpc) is 2.50. The van der Waals surface area contributed by atoms with Crippen molar-refractivity contribution >= 4 is 5.71 Å². The van der Waals surface area contributed by atoms with Gasteiger partial charge in [0.1, 0.15) is 5.71 Å². The number of rotatable bonds is 2. The lowest BCUT2D eigenvalue weighted by Gasteiger charge is -2.00. The average molecular weight is 153 g/mol. The van der Waals surface area contributed by atoms with Crippen LogP contribution in [0.5, 0.6) is 0 Å². The third-order valence-electron chi connectivity index (χ3n) is 1.54. The maximum Gasteiger partial charge on any atom is 0.102 e. The summed E-state index contributed by atoms with van der Waals surface area (Å²) >= 11 is 0. The number of nitrogens with zero attached hydrogens (tertiary/aromatic N) is 3. The van der Waals surface area contributed by atoms with Gasteiger partial charge in [0.25, 0.3) is 0 Å². The van der Waals surface area contributed by atoms with Gasteiger partial charge in [-0.15, -0.1) is 0 Å². The quantitative estimate of drug-likeness (QED) is 0.393. The molecule has 60 valence electrons. The summed E-state index contributed by atoms with van der Waals surface area (Å²) < 4.78 is 1.77. The van der Waals surface area contributed by atoms with E-state index < -0.39 is 0 Å². The molecule has 0 bridgehead atoms. The van der Waals surface area contributed by atoms with Crippen molar-refractivity contribution in [3.63, 3.8) is 0 Å². The van der Waals surface area contributed by atoms with E-state index in [1.165, 1.54) is 0 Å². The highest BCUT2D eigenvalue weighted by molar-refractivity contribution is 5.96. The van der Waals surface area contributed by atoms with Crippen LogP contribution in [-0.2, 0) is 6.54 Å². The number of aromatic nitrogens is 2. The first-order valence-corrected chi connectivity index (χ1v) is 3.50. The Kier molecular flexibility index (Phi) is 2.25. The fourth-order valence-corrected chi connectivity index (χ4v) is 0.943. The molecule has 0 aromatic carbocycles. The Balaban J connectivity index is 3.02. The molecule has 1 aromatic heterocycles. The van der Waals surface area contributed by atoms with Crippen LogP contribution in [0.4, 0.5) is 0 Å². The van der Waals surface area contributed by atoms with Crippen LogP contribution in [0.3, 0.4) is 0 Å². The first kappa shape index (κ1) is 7.78. The number of aryl methyl sites for hydroxylation is 1. The molecule has 0 radical (unpaired) electrons. The van der Waals surface area contributed by atoms with Crippen LogP contribution in [0.2, 0.25) is 0 Å². The van der Waals surface area contributed by atoms with Crippen LogP contribution >= 0.6 is 0 Å². The molecule has 4 heteroatoms. The zero-order valence-electron chi connectivity index (χ0n) is 6.65. The second-order valence-electron chi connectivity index (χ2n) is 2.22. The molecule has 0 atom stereocenters. The topological polar surface area (TPSA) is 50.4 Å². The van der Waals surface area contributed by atoms with Gasteiger partial charge in [0.05, 0.1) is 5.69 Å². The van der Waals surface area contributed by atoms with Gasteiger partial charge < -0.3 is 5.21 Å². The lowest BCUT2D eigenvalue weighted by molar-refractivity contribution is 0.318. The van der Waals surface area contributed by atoms with Gasteiger partial charge in [-0.05, 0) is 19.9 Å². The largest absolute Gasteiger partial charge is 0.411 e. The van der Waals surface area contributed by atoms with E-state index in [2.05, 4.69) is 10.3 Å². The van der Waals surface area contributed by atoms with Gasteiger partial charge in [-0.1, -0.05) is 5.16 Å². The highest BCUT2D eigenvalue weighted by atomic mass is 16.4. The summed E-state index contributed by atoms with van der Waals surface area (Å²) in [5, 5.41) is 15.6. The Bertz CT molecular complexity index is 264. The molecule has 1 heterocycles. The Morgan fingerprint density at radius 3 is 3.09 bits per heavy atom. The molecule has 0 amide bonds. The lowest BCUT2D eigenvalue weighted by Crippen LogP contribution is -2.07. The molecule has 1 aromatic rings. The molecule has 0 saturated carbocycles. The molecule has 0 spiro atoms. The van der Waals surface area contributed by atoms with Gasteiger partial charge in [0, 0.05) is 12.7 Å². The predicted octanol–water partition coefficient (Wildman–Crippen LogP) is 1.10. The Labute approximate surface area is 65.1 Å². The van der Waals surface area contributed by atoms with E-state index >= 15 is 0 Å². The monoisotopic (exact) mass is 153 g/mol. The summed E-state index contributed by atoms with van der Waals surface area (Å²) in [6.45, 7) is 4.51. The van der Waals surface area contributed by atoms with E-state index in [1.807, 2.05) is 13.0 Å². The molecule has 4 nitrogen and oxygen atoms in total. The van der Waals surface area contributed by atoms with Gasteiger partial charge >= 0.3 is 0 Å². The molecule has 1 rings (SSSR count). The van der Waals surface area contributed by atoms with Crippen LogP contribution in [0.25, 0.3) is 0 Å². The van der Waals surface area contributed by atoms with Crippen molar-refractivity contribution in [1.82, 2.24) is 9.78 Å². The minimum atomic E-state index is 0.587. The van der Waals surface area contributed by atoms with Crippen molar-refractivity contribution in [3.05, 3.63) is 18.0 Å². The molecular weight excluding hydrogens is 142 g/mol. The second kappa shape index (κ2) is 3.18. The number of hydrogen-bond acceptors (Lipinski definition) is 3. The first-order chi connectivity index (χ1) is 5.29. The van der Waals surface area contributed by atoms with Crippen LogP contribution in [0, 0.1) is 0 Å². The predicted molar refractivity (Wildman–Crippen MR) is 41.9 cm³/mol. The summed E-state index contributed by atoms with van der Waals surface area (Å²) in [4.78, 5) is 0. The van der Waals surface area contributed by atoms with E-state index in [9.17, 15) is 0 Å². The zero-order valence-corrected chi connectivity index (χ0v) is 6.65. The van der Waals surface area contributed by atoms with Crippen LogP contribution in [-0.4, -0.2) is 20.7 Å². The van der Waals surface area contributed by atoms with Gasteiger partial charge in [-0.25, -0.2) is 0 Å². The molecular formula is C7H11N3O.